The molecule has 0 saturated heterocycles. The lowest BCUT2D eigenvalue weighted by molar-refractivity contribution is 0.275. The van der Waals surface area contributed by atoms with Gasteiger partial charge in [-0.1, -0.05) is 12.8 Å². The molecule has 0 spiro atoms. The van der Waals surface area contributed by atoms with Gasteiger partial charge in [0.05, 0.1) is 12.7 Å². The Kier molecular flexibility index (Phi) is 9.69. The summed E-state index contributed by atoms with van der Waals surface area (Å²) in [5.74, 6) is 0.125. The zero-order chi connectivity index (χ0) is 13.2. The van der Waals surface area contributed by atoms with Gasteiger partial charge in [0.25, 0.3) is 0 Å². The smallest absolute Gasteiger partial charge is 0.121 e. The molecular weight excluding hydrogens is 264 g/mol. The SMILES string of the molecule is Cl.N#CCCCCCCNc1ccc(O)c(CO)c1. The largest absolute Gasteiger partial charge is 0.508 e. The van der Waals surface area contributed by atoms with E-state index in [-0.39, 0.29) is 24.8 Å². The van der Waals surface area contributed by atoms with Crippen LogP contribution in [0.1, 0.15) is 37.7 Å². The Bertz CT molecular complexity index is 405. The fourth-order valence-electron chi connectivity index (χ4n) is 1.74. The molecule has 0 bridgehead atoms. The van der Waals surface area contributed by atoms with Gasteiger partial charge in [-0.2, -0.15) is 5.26 Å². The quantitative estimate of drug-likeness (QED) is 0.506. The molecule has 106 valence electrons. The van der Waals surface area contributed by atoms with Crippen molar-refractivity contribution in [2.45, 2.75) is 38.7 Å². The van der Waals surface area contributed by atoms with Crippen LogP contribution in [-0.4, -0.2) is 16.8 Å². The van der Waals surface area contributed by atoms with Crippen LogP contribution in [0.2, 0.25) is 0 Å². The molecule has 0 fully saturated rings. The van der Waals surface area contributed by atoms with Crippen LogP contribution in [0.5, 0.6) is 5.75 Å². The van der Waals surface area contributed by atoms with E-state index in [0.29, 0.717) is 12.0 Å². The van der Waals surface area contributed by atoms with E-state index in [2.05, 4.69) is 11.4 Å². The highest BCUT2D eigenvalue weighted by Crippen LogP contribution is 2.21. The number of anilines is 1. The molecule has 0 atom stereocenters. The maximum Gasteiger partial charge on any atom is 0.121 e. The summed E-state index contributed by atoms with van der Waals surface area (Å²) >= 11 is 0. The zero-order valence-corrected chi connectivity index (χ0v) is 11.7. The number of hydrogen-bond acceptors (Lipinski definition) is 4. The van der Waals surface area contributed by atoms with Gasteiger partial charge in [-0.15, -0.1) is 12.4 Å². The molecule has 0 aromatic heterocycles. The van der Waals surface area contributed by atoms with Crippen molar-refractivity contribution < 1.29 is 10.2 Å². The van der Waals surface area contributed by atoms with Crippen molar-refractivity contribution in [2.75, 3.05) is 11.9 Å². The topological polar surface area (TPSA) is 76.3 Å². The third-order valence-electron chi connectivity index (χ3n) is 2.79. The van der Waals surface area contributed by atoms with Gasteiger partial charge in [0.2, 0.25) is 0 Å². The Morgan fingerprint density at radius 2 is 1.89 bits per heavy atom. The molecule has 1 rings (SSSR count). The van der Waals surface area contributed by atoms with Gasteiger partial charge in [-0.05, 0) is 31.0 Å². The van der Waals surface area contributed by atoms with Gasteiger partial charge in [-0.25, -0.2) is 0 Å². The summed E-state index contributed by atoms with van der Waals surface area (Å²) in [6, 6.07) is 7.27. The van der Waals surface area contributed by atoms with Crippen molar-refractivity contribution in [3.63, 3.8) is 0 Å². The molecule has 0 amide bonds. The number of halogens is 1. The fourth-order valence-corrected chi connectivity index (χ4v) is 1.74. The molecule has 4 nitrogen and oxygen atoms in total. The van der Waals surface area contributed by atoms with E-state index in [1.54, 1.807) is 18.2 Å². The summed E-state index contributed by atoms with van der Waals surface area (Å²) in [7, 11) is 0. The lowest BCUT2D eigenvalue weighted by Gasteiger charge is -2.08. The minimum absolute atomic E-state index is 0. The van der Waals surface area contributed by atoms with Crippen molar-refractivity contribution in [1.82, 2.24) is 0 Å². The summed E-state index contributed by atoms with van der Waals surface area (Å²) in [5, 5.41) is 30.1. The second kappa shape index (κ2) is 10.5. The van der Waals surface area contributed by atoms with E-state index in [1.165, 1.54) is 0 Å². The van der Waals surface area contributed by atoms with Crippen molar-refractivity contribution in [1.29, 1.82) is 5.26 Å². The fraction of sp³-hybridized carbons (Fsp3) is 0.500. The first-order valence-electron chi connectivity index (χ1n) is 6.31. The summed E-state index contributed by atoms with van der Waals surface area (Å²) in [6.45, 7) is 0.706. The Labute approximate surface area is 120 Å². The second-order valence-corrected chi connectivity index (χ2v) is 4.25. The standard InChI is InChI=1S/C14H20N2O2.ClH/c15-8-4-2-1-3-5-9-16-13-6-7-14(18)12(10-13)11-17;/h6-7,10,16-18H,1-5,9,11H2;1H. The average Bonchev–Trinajstić information content (AvgIpc) is 2.39. The maximum absolute atomic E-state index is 9.41. The second-order valence-electron chi connectivity index (χ2n) is 4.25. The molecule has 19 heavy (non-hydrogen) atoms. The van der Waals surface area contributed by atoms with Gasteiger partial charge in [0, 0.05) is 24.2 Å². The summed E-state index contributed by atoms with van der Waals surface area (Å²) in [4.78, 5) is 0. The number of aliphatic hydroxyl groups excluding tert-OH is 1. The van der Waals surface area contributed by atoms with Crippen LogP contribution in [0.3, 0.4) is 0 Å². The Hall–Kier alpha value is -1.44. The Morgan fingerprint density at radius 3 is 2.58 bits per heavy atom. The van der Waals surface area contributed by atoms with Crippen LogP contribution >= 0.6 is 12.4 Å². The number of phenols is 1. The molecule has 0 unspecified atom stereocenters. The van der Waals surface area contributed by atoms with E-state index in [0.717, 1.165) is 37.9 Å². The number of nitrogens with one attached hydrogen (secondary N) is 1. The minimum atomic E-state index is -0.157. The van der Waals surface area contributed by atoms with Crippen LogP contribution in [0.4, 0.5) is 5.69 Å². The minimum Gasteiger partial charge on any atom is -0.508 e. The lowest BCUT2D eigenvalue weighted by atomic mass is 10.1. The first kappa shape index (κ1) is 17.6. The van der Waals surface area contributed by atoms with E-state index < -0.39 is 0 Å². The van der Waals surface area contributed by atoms with Gasteiger partial charge >= 0.3 is 0 Å². The van der Waals surface area contributed by atoms with Crippen molar-refractivity contribution in [3.8, 4) is 11.8 Å². The molecular formula is C14H21ClN2O2. The van der Waals surface area contributed by atoms with Crippen molar-refractivity contribution >= 4 is 18.1 Å². The molecule has 1 aromatic carbocycles. The molecule has 0 radical (unpaired) electrons. The Balaban J connectivity index is 0.00000324. The Morgan fingerprint density at radius 1 is 1.16 bits per heavy atom. The molecule has 5 heteroatoms. The normalized spacial score (nSPS) is 9.47. The van der Waals surface area contributed by atoms with E-state index >= 15 is 0 Å². The highest BCUT2D eigenvalue weighted by atomic mass is 35.5. The zero-order valence-electron chi connectivity index (χ0n) is 10.9. The van der Waals surface area contributed by atoms with Gasteiger partial charge < -0.3 is 15.5 Å². The maximum atomic E-state index is 9.41. The predicted molar refractivity (Wildman–Crippen MR) is 78.5 cm³/mol. The summed E-state index contributed by atoms with van der Waals surface area (Å²) in [5.41, 5.74) is 1.45. The van der Waals surface area contributed by atoms with Gasteiger partial charge in [-0.3, -0.25) is 0 Å². The van der Waals surface area contributed by atoms with Gasteiger partial charge in [0.15, 0.2) is 0 Å². The number of aromatic hydroxyl groups is 1. The third-order valence-corrected chi connectivity index (χ3v) is 2.79. The molecule has 3 N–H and O–H groups in total. The number of nitriles is 1. The summed E-state index contributed by atoms with van der Waals surface area (Å²) < 4.78 is 0. The van der Waals surface area contributed by atoms with E-state index in [4.69, 9.17) is 10.4 Å². The lowest BCUT2D eigenvalue weighted by Crippen LogP contribution is -2.02. The molecule has 0 saturated carbocycles. The third kappa shape index (κ3) is 6.90. The van der Waals surface area contributed by atoms with Gasteiger partial charge in [0.1, 0.15) is 5.75 Å². The molecule has 0 aliphatic rings. The van der Waals surface area contributed by atoms with E-state index in [1.807, 2.05) is 0 Å². The van der Waals surface area contributed by atoms with Crippen LogP contribution in [0, 0.1) is 11.3 Å². The van der Waals surface area contributed by atoms with Crippen LogP contribution < -0.4 is 5.32 Å². The molecule has 0 aliphatic heterocycles. The van der Waals surface area contributed by atoms with Crippen LogP contribution in [0.15, 0.2) is 18.2 Å². The average molecular weight is 285 g/mol. The highest BCUT2D eigenvalue weighted by Gasteiger charge is 2.00. The summed E-state index contributed by atoms with van der Waals surface area (Å²) in [6.07, 6.45) is 4.88. The number of nitrogens with zero attached hydrogens (tertiary/aromatic N) is 1. The molecule has 0 aliphatic carbocycles. The predicted octanol–water partition coefficient (Wildman–Crippen LogP) is 3.19. The number of hydrogen-bond donors (Lipinski definition) is 3. The highest BCUT2D eigenvalue weighted by molar-refractivity contribution is 5.85. The van der Waals surface area contributed by atoms with E-state index in [9.17, 15) is 5.11 Å². The molecule has 1 aromatic rings. The molecule has 0 heterocycles. The van der Waals surface area contributed by atoms with Crippen LogP contribution in [-0.2, 0) is 6.61 Å². The first-order chi connectivity index (χ1) is 8.77. The monoisotopic (exact) mass is 284 g/mol. The van der Waals surface area contributed by atoms with Crippen molar-refractivity contribution in [2.24, 2.45) is 0 Å². The van der Waals surface area contributed by atoms with Crippen LogP contribution in [0.25, 0.3) is 0 Å². The number of rotatable bonds is 8. The van der Waals surface area contributed by atoms with Crippen molar-refractivity contribution in [3.05, 3.63) is 23.8 Å². The first-order valence-corrected chi connectivity index (χ1v) is 6.31. The number of aliphatic hydroxyl groups is 1. The number of unbranched alkanes of at least 4 members (excludes halogenated alkanes) is 4. The number of benzene rings is 1.